The second-order valence-corrected chi connectivity index (χ2v) is 5.62. The number of benzene rings is 3. The molecule has 1 aliphatic rings. The van der Waals surface area contributed by atoms with Crippen LogP contribution in [0.25, 0.3) is 0 Å². The molecule has 0 fully saturated rings. The van der Waals surface area contributed by atoms with Gasteiger partial charge in [-0.15, -0.1) is 0 Å². The number of nitrogens with zero attached hydrogens (tertiary/aromatic N) is 1. The number of rotatable bonds is 2. The van der Waals surface area contributed by atoms with Crippen molar-refractivity contribution >= 4 is 17.1 Å². The van der Waals surface area contributed by atoms with Crippen LogP contribution in [-0.4, -0.2) is 7.05 Å². The summed E-state index contributed by atoms with van der Waals surface area (Å²) in [4.78, 5) is 2.27. The third kappa shape index (κ3) is 2.04. The maximum Gasteiger partial charge on any atom is 0.0807 e. The highest BCUT2D eigenvalue weighted by Gasteiger charge is 2.27. The van der Waals surface area contributed by atoms with E-state index < -0.39 is 0 Å². The fourth-order valence-corrected chi connectivity index (χ4v) is 3.23. The highest BCUT2D eigenvalue weighted by molar-refractivity contribution is 5.76. The van der Waals surface area contributed by atoms with Gasteiger partial charge in [-0.2, -0.15) is 0 Å². The van der Waals surface area contributed by atoms with Crippen LogP contribution in [0.4, 0.5) is 17.1 Å². The van der Waals surface area contributed by atoms with Gasteiger partial charge in [-0.05, 0) is 24.3 Å². The van der Waals surface area contributed by atoms with E-state index in [4.69, 9.17) is 0 Å². The number of anilines is 3. The van der Waals surface area contributed by atoms with Gasteiger partial charge >= 0.3 is 0 Å². The van der Waals surface area contributed by atoms with Crippen LogP contribution >= 0.6 is 0 Å². The van der Waals surface area contributed by atoms with Crippen LogP contribution in [0.1, 0.15) is 17.2 Å². The Balaban J connectivity index is 1.85. The molecule has 1 N–H and O–H groups in total. The van der Waals surface area contributed by atoms with Crippen molar-refractivity contribution in [1.29, 1.82) is 0 Å². The lowest BCUT2D eigenvalue weighted by Crippen LogP contribution is -2.25. The first-order valence-corrected chi connectivity index (χ1v) is 7.58. The SMILES string of the molecule is CN1c2ccccc2C(Nc2ccccc2)c2ccccc21. The lowest BCUT2D eigenvalue weighted by atomic mass is 9.90. The predicted octanol–water partition coefficient (Wildman–Crippen LogP) is 4.97. The first-order valence-electron chi connectivity index (χ1n) is 7.58. The fraction of sp³-hybridized carbons (Fsp3) is 0.100. The highest BCUT2D eigenvalue weighted by atomic mass is 15.1. The predicted molar refractivity (Wildman–Crippen MR) is 92.9 cm³/mol. The molecule has 0 aromatic heterocycles. The molecule has 2 heteroatoms. The second kappa shape index (κ2) is 5.23. The summed E-state index contributed by atoms with van der Waals surface area (Å²) in [6.07, 6.45) is 0. The van der Waals surface area contributed by atoms with Crippen molar-refractivity contribution < 1.29 is 0 Å². The topological polar surface area (TPSA) is 15.3 Å². The van der Waals surface area contributed by atoms with Crippen molar-refractivity contribution in [2.45, 2.75) is 6.04 Å². The molecule has 0 saturated heterocycles. The van der Waals surface area contributed by atoms with E-state index in [0.717, 1.165) is 5.69 Å². The largest absolute Gasteiger partial charge is 0.374 e. The van der Waals surface area contributed by atoms with Gasteiger partial charge in [-0.1, -0.05) is 54.6 Å². The van der Waals surface area contributed by atoms with Crippen LogP contribution in [0, 0.1) is 0 Å². The van der Waals surface area contributed by atoms with E-state index in [1.165, 1.54) is 22.5 Å². The van der Waals surface area contributed by atoms with Gasteiger partial charge in [0.05, 0.1) is 6.04 Å². The molecule has 0 radical (unpaired) electrons. The molecule has 0 amide bonds. The Kier molecular flexibility index (Phi) is 3.08. The number of fused-ring (bicyclic) bond motifs is 2. The van der Waals surface area contributed by atoms with Gasteiger partial charge in [0, 0.05) is 35.2 Å². The third-order valence-corrected chi connectivity index (χ3v) is 4.30. The van der Waals surface area contributed by atoms with Crippen LogP contribution in [0.3, 0.4) is 0 Å². The van der Waals surface area contributed by atoms with Gasteiger partial charge in [-0.25, -0.2) is 0 Å². The van der Waals surface area contributed by atoms with Crippen molar-refractivity contribution in [3.63, 3.8) is 0 Å². The van der Waals surface area contributed by atoms with Gasteiger partial charge in [0.15, 0.2) is 0 Å². The van der Waals surface area contributed by atoms with Crippen molar-refractivity contribution in [2.75, 3.05) is 17.3 Å². The summed E-state index contributed by atoms with van der Waals surface area (Å²) in [6, 6.07) is 27.8. The Labute approximate surface area is 131 Å². The molecular weight excluding hydrogens is 268 g/mol. The number of para-hydroxylation sites is 3. The molecular formula is C20H18N2. The average molecular weight is 286 g/mol. The van der Waals surface area contributed by atoms with Gasteiger partial charge in [-0.3, -0.25) is 0 Å². The first-order chi connectivity index (χ1) is 10.8. The minimum Gasteiger partial charge on any atom is -0.374 e. The monoisotopic (exact) mass is 286 g/mol. The van der Waals surface area contributed by atoms with Gasteiger partial charge in [0.25, 0.3) is 0 Å². The molecule has 0 saturated carbocycles. The van der Waals surface area contributed by atoms with Crippen molar-refractivity contribution in [1.82, 2.24) is 0 Å². The van der Waals surface area contributed by atoms with Gasteiger partial charge < -0.3 is 10.2 Å². The third-order valence-electron chi connectivity index (χ3n) is 4.30. The summed E-state index contributed by atoms with van der Waals surface area (Å²) < 4.78 is 0. The second-order valence-electron chi connectivity index (χ2n) is 5.62. The Morgan fingerprint density at radius 2 is 1.18 bits per heavy atom. The molecule has 2 nitrogen and oxygen atoms in total. The van der Waals surface area contributed by atoms with Crippen LogP contribution in [0.5, 0.6) is 0 Å². The number of nitrogens with one attached hydrogen (secondary N) is 1. The van der Waals surface area contributed by atoms with E-state index in [1.807, 2.05) is 6.07 Å². The Hall–Kier alpha value is -2.74. The molecule has 0 bridgehead atoms. The van der Waals surface area contributed by atoms with Crippen LogP contribution in [-0.2, 0) is 0 Å². The average Bonchev–Trinajstić information content (AvgIpc) is 2.59. The Bertz CT molecular complexity index is 748. The smallest absolute Gasteiger partial charge is 0.0807 e. The zero-order valence-corrected chi connectivity index (χ0v) is 12.5. The molecule has 0 atom stereocenters. The van der Waals surface area contributed by atoms with Crippen LogP contribution in [0.15, 0.2) is 78.9 Å². The zero-order valence-electron chi connectivity index (χ0n) is 12.5. The minimum atomic E-state index is 0.172. The zero-order chi connectivity index (χ0) is 14.9. The summed E-state index contributed by atoms with van der Waals surface area (Å²) in [5.74, 6) is 0. The molecule has 4 rings (SSSR count). The maximum absolute atomic E-state index is 3.69. The highest BCUT2D eigenvalue weighted by Crippen LogP contribution is 2.44. The van der Waals surface area contributed by atoms with E-state index in [-0.39, 0.29) is 6.04 Å². The molecule has 22 heavy (non-hydrogen) atoms. The number of hydrogen-bond donors (Lipinski definition) is 1. The lowest BCUT2D eigenvalue weighted by molar-refractivity contribution is 0.897. The minimum absolute atomic E-state index is 0.172. The molecule has 0 unspecified atom stereocenters. The fourth-order valence-electron chi connectivity index (χ4n) is 3.23. The van der Waals surface area contributed by atoms with Crippen molar-refractivity contribution in [3.05, 3.63) is 90.0 Å². The quantitative estimate of drug-likeness (QED) is 0.715. The molecule has 1 heterocycles. The van der Waals surface area contributed by atoms with Crippen LogP contribution in [0.2, 0.25) is 0 Å². The summed E-state index contributed by atoms with van der Waals surface area (Å²) in [7, 11) is 2.14. The maximum atomic E-state index is 3.69. The summed E-state index contributed by atoms with van der Waals surface area (Å²) >= 11 is 0. The molecule has 3 aromatic carbocycles. The Morgan fingerprint density at radius 1 is 0.682 bits per heavy atom. The first kappa shape index (κ1) is 13.0. The van der Waals surface area contributed by atoms with E-state index in [2.05, 4.69) is 90.1 Å². The molecule has 0 aliphatic carbocycles. The number of hydrogen-bond acceptors (Lipinski definition) is 2. The Morgan fingerprint density at radius 3 is 1.77 bits per heavy atom. The molecule has 3 aromatic rings. The van der Waals surface area contributed by atoms with E-state index in [1.54, 1.807) is 0 Å². The molecule has 1 aliphatic heterocycles. The van der Waals surface area contributed by atoms with Gasteiger partial charge in [0.2, 0.25) is 0 Å². The van der Waals surface area contributed by atoms with E-state index in [0.29, 0.717) is 0 Å². The van der Waals surface area contributed by atoms with Crippen LogP contribution < -0.4 is 10.2 Å². The van der Waals surface area contributed by atoms with E-state index in [9.17, 15) is 0 Å². The van der Waals surface area contributed by atoms with Crippen molar-refractivity contribution in [2.24, 2.45) is 0 Å². The molecule has 0 spiro atoms. The van der Waals surface area contributed by atoms with E-state index >= 15 is 0 Å². The summed E-state index contributed by atoms with van der Waals surface area (Å²) in [5.41, 5.74) is 6.28. The molecule has 108 valence electrons. The van der Waals surface area contributed by atoms with Crippen molar-refractivity contribution in [3.8, 4) is 0 Å². The summed E-state index contributed by atoms with van der Waals surface area (Å²) in [5, 5.41) is 3.69. The summed E-state index contributed by atoms with van der Waals surface area (Å²) in [6.45, 7) is 0. The van der Waals surface area contributed by atoms with Gasteiger partial charge in [0.1, 0.15) is 0 Å². The standard InChI is InChI=1S/C20H18N2/c1-22-18-13-7-5-11-16(18)20(17-12-6-8-14-19(17)22)21-15-9-3-2-4-10-15/h2-14,20-21H,1H3. The lowest BCUT2D eigenvalue weighted by Gasteiger charge is -2.36. The normalized spacial score (nSPS) is 13.4.